The minimum absolute atomic E-state index is 0.159. The van der Waals surface area contributed by atoms with Crippen molar-refractivity contribution in [1.29, 1.82) is 0 Å². The van der Waals surface area contributed by atoms with Gasteiger partial charge in [0.2, 0.25) is 5.91 Å². The molecule has 1 aromatic rings. The first kappa shape index (κ1) is 15.2. The van der Waals surface area contributed by atoms with Gasteiger partial charge in [0.1, 0.15) is 0 Å². The third-order valence-corrected chi connectivity index (χ3v) is 3.89. The van der Waals surface area contributed by atoms with Crippen molar-refractivity contribution in [3.05, 3.63) is 22.4 Å². The first-order valence-electron chi connectivity index (χ1n) is 6.71. The molecule has 0 saturated carbocycles. The maximum absolute atomic E-state index is 11.5. The van der Waals surface area contributed by atoms with Gasteiger partial charge in [-0.2, -0.15) is 0 Å². The maximum Gasteiger partial charge on any atom is 0.220 e. The van der Waals surface area contributed by atoms with E-state index in [1.807, 2.05) is 18.3 Å². The number of carbonyl (C=O) groups is 1. The molecule has 3 N–H and O–H groups in total. The van der Waals surface area contributed by atoms with E-state index in [0.717, 1.165) is 19.3 Å². The quantitative estimate of drug-likeness (QED) is 0.676. The van der Waals surface area contributed by atoms with Crippen LogP contribution in [0, 0.1) is 5.92 Å². The molecular formula is C14H24N2OS. The number of carbonyl (C=O) groups excluding carboxylic acids is 1. The summed E-state index contributed by atoms with van der Waals surface area (Å²) in [4.78, 5) is 12.9. The Kier molecular flexibility index (Phi) is 7.69. The predicted molar refractivity (Wildman–Crippen MR) is 77.7 cm³/mol. The van der Waals surface area contributed by atoms with Crippen LogP contribution in [0.25, 0.3) is 0 Å². The molecule has 0 aromatic carbocycles. The molecule has 0 spiro atoms. The molecule has 0 fully saturated rings. The van der Waals surface area contributed by atoms with Crippen molar-refractivity contribution in [3.8, 4) is 0 Å². The van der Waals surface area contributed by atoms with Crippen molar-refractivity contribution >= 4 is 17.2 Å². The van der Waals surface area contributed by atoms with E-state index < -0.39 is 0 Å². The van der Waals surface area contributed by atoms with Gasteiger partial charge in [-0.3, -0.25) is 4.79 Å². The summed E-state index contributed by atoms with van der Waals surface area (Å²) in [6.07, 6.45) is 5.06. The molecule has 18 heavy (non-hydrogen) atoms. The van der Waals surface area contributed by atoms with Crippen LogP contribution < -0.4 is 11.1 Å². The van der Waals surface area contributed by atoms with Crippen LogP contribution >= 0.6 is 11.3 Å². The third-order valence-electron chi connectivity index (χ3n) is 2.96. The van der Waals surface area contributed by atoms with E-state index in [0.29, 0.717) is 25.4 Å². The summed E-state index contributed by atoms with van der Waals surface area (Å²) in [7, 11) is 0. The van der Waals surface area contributed by atoms with Gasteiger partial charge in [0.05, 0.1) is 0 Å². The van der Waals surface area contributed by atoms with Crippen LogP contribution in [-0.4, -0.2) is 19.0 Å². The van der Waals surface area contributed by atoms with E-state index in [-0.39, 0.29) is 5.91 Å². The second kappa shape index (κ2) is 9.11. The van der Waals surface area contributed by atoms with Crippen LogP contribution in [0.5, 0.6) is 0 Å². The fourth-order valence-electron chi connectivity index (χ4n) is 1.68. The smallest absolute Gasteiger partial charge is 0.220 e. The van der Waals surface area contributed by atoms with E-state index in [1.54, 1.807) is 0 Å². The van der Waals surface area contributed by atoms with Gasteiger partial charge < -0.3 is 11.1 Å². The molecule has 0 bridgehead atoms. The highest BCUT2D eigenvalue weighted by Crippen LogP contribution is 2.13. The first-order chi connectivity index (χ1) is 8.72. The number of nitrogens with two attached hydrogens (primary N) is 1. The average molecular weight is 268 g/mol. The Morgan fingerprint density at radius 3 is 2.94 bits per heavy atom. The molecule has 1 heterocycles. The molecule has 0 aliphatic heterocycles. The Labute approximate surface area is 114 Å². The Morgan fingerprint density at radius 1 is 1.44 bits per heavy atom. The van der Waals surface area contributed by atoms with Gasteiger partial charge in [0, 0.05) is 17.8 Å². The standard InChI is InChI=1S/C14H24N2OS/c1-12(10-15)11-16-14(17)8-4-2-3-6-13-7-5-9-18-13/h5,7,9,12H,2-4,6,8,10-11,15H2,1H3,(H,16,17). The summed E-state index contributed by atoms with van der Waals surface area (Å²) in [5.74, 6) is 0.527. The zero-order chi connectivity index (χ0) is 13.2. The fraction of sp³-hybridized carbons (Fsp3) is 0.643. The lowest BCUT2D eigenvalue weighted by molar-refractivity contribution is -0.121. The predicted octanol–water partition coefficient (Wildman–Crippen LogP) is 2.56. The lowest BCUT2D eigenvalue weighted by Gasteiger charge is -2.09. The number of aryl methyl sites for hydroxylation is 1. The van der Waals surface area contributed by atoms with Crippen molar-refractivity contribution < 1.29 is 4.79 Å². The summed E-state index contributed by atoms with van der Waals surface area (Å²) in [6.45, 7) is 3.37. The first-order valence-corrected chi connectivity index (χ1v) is 7.59. The van der Waals surface area contributed by atoms with E-state index in [9.17, 15) is 4.79 Å². The summed E-state index contributed by atoms with van der Waals surface area (Å²) in [5.41, 5.74) is 5.49. The molecule has 0 saturated heterocycles. The maximum atomic E-state index is 11.5. The topological polar surface area (TPSA) is 55.1 Å². The van der Waals surface area contributed by atoms with Gasteiger partial charge in [-0.05, 0) is 43.2 Å². The largest absolute Gasteiger partial charge is 0.356 e. The molecule has 3 nitrogen and oxygen atoms in total. The highest BCUT2D eigenvalue weighted by Gasteiger charge is 2.03. The number of nitrogens with one attached hydrogen (secondary N) is 1. The number of thiophene rings is 1. The van der Waals surface area contributed by atoms with E-state index >= 15 is 0 Å². The zero-order valence-corrected chi connectivity index (χ0v) is 12.0. The van der Waals surface area contributed by atoms with Gasteiger partial charge in [0.15, 0.2) is 0 Å². The fourth-order valence-corrected chi connectivity index (χ4v) is 2.43. The normalized spacial score (nSPS) is 12.3. The van der Waals surface area contributed by atoms with E-state index in [4.69, 9.17) is 5.73 Å². The molecule has 1 atom stereocenters. The Hall–Kier alpha value is -0.870. The number of hydrogen-bond donors (Lipinski definition) is 2. The third kappa shape index (κ3) is 6.77. The molecule has 0 aliphatic rings. The molecule has 1 rings (SSSR count). The summed E-state index contributed by atoms with van der Waals surface area (Å²) < 4.78 is 0. The van der Waals surface area contributed by atoms with Crippen molar-refractivity contribution in [1.82, 2.24) is 5.32 Å². The van der Waals surface area contributed by atoms with Crippen LogP contribution in [0.2, 0.25) is 0 Å². The van der Waals surface area contributed by atoms with Crippen molar-refractivity contribution in [3.63, 3.8) is 0 Å². The lowest BCUT2D eigenvalue weighted by atomic mass is 10.1. The van der Waals surface area contributed by atoms with Gasteiger partial charge >= 0.3 is 0 Å². The number of hydrogen-bond acceptors (Lipinski definition) is 3. The second-order valence-corrected chi connectivity index (χ2v) is 5.82. The van der Waals surface area contributed by atoms with Gasteiger partial charge in [-0.15, -0.1) is 11.3 Å². The van der Waals surface area contributed by atoms with Crippen LogP contribution in [0.15, 0.2) is 17.5 Å². The Morgan fingerprint density at radius 2 is 2.28 bits per heavy atom. The average Bonchev–Trinajstić information content (AvgIpc) is 2.88. The summed E-state index contributed by atoms with van der Waals surface area (Å²) >= 11 is 1.81. The van der Waals surface area contributed by atoms with E-state index in [1.165, 1.54) is 11.3 Å². The van der Waals surface area contributed by atoms with E-state index in [2.05, 4.69) is 22.8 Å². The Balaban J connectivity index is 1.95. The van der Waals surface area contributed by atoms with Crippen molar-refractivity contribution in [2.75, 3.05) is 13.1 Å². The SMILES string of the molecule is CC(CN)CNC(=O)CCCCCc1cccs1. The molecule has 0 aliphatic carbocycles. The Bertz CT molecular complexity index is 325. The number of amides is 1. The monoisotopic (exact) mass is 268 g/mol. The molecule has 1 amide bonds. The molecule has 1 unspecified atom stereocenters. The molecular weight excluding hydrogens is 244 g/mol. The second-order valence-electron chi connectivity index (χ2n) is 4.78. The number of unbranched alkanes of at least 4 members (excludes halogenated alkanes) is 2. The van der Waals surface area contributed by atoms with Crippen LogP contribution in [0.4, 0.5) is 0 Å². The molecule has 102 valence electrons. The van der Waals surface area contributed by atoms with Crippen LogP contribution in [0.1, 0.15) is 37.5 Å². The minimum atomic E-state index is 0.159. The molecule has 0 radical (unpaired) electrons. The molecule has 4 heteroatoms. The van der Waals surface area contributed by atoms with Crippen molar-refractivity contribution in [2.45, 2.75) is 39.0 Å². The minimum Gasteiger partial charge on any atom is -0.356 e. The van der Waals surface area contributed by atoms with Crippen LogP contribution in [0.3, 0.4) is 0 Å². The lowest BCUT2D eigenvalue weighted by Crippen LogP contribution is -2.31. The van der Waals surface area contributed by atoms with Gasteiger partial charge in [-0.1, -0.05) is 19.4 Å². The number of rotatable bonds is 9. The van der Waals surface area contributed by atoms with Gasteiger partial charge in [0.25, 0.3) is 0 Å². The highest BCUT2D eigenvalue weighted by molar-refractivity contribution is 7.09. The molecule has 1 aromatic heterocycles. The van der Waals surface area contributed by atoms with Crippen molar-refractivity contribution in [2.24, 2.45) is 11.7 Å². The summed E-state index contributed by atoms with van der Waals surface area (Å²) in [6, 6.07) is 4.26. The van der Waals surface area contributed by atoms with Crippen LogP contribution in [-0.2, 0) is 11.2 Å². The van der Waals surface area contributed by atoms with Gasteiger partial charge in [-0.25, -0.2) is 0 Å². The highest BCUT2D eigenvalue weighted by atomic mass is 32.1. The summed E-state index contributed by atoms with van der Waals surface area (Å²) in [5, 5.41) is 5.03. The zero-order valence-electron chi connectivity index (χ0n) is 11.2.